The Bertz CT molecular complexity index is 639. The Morgan fingerprint density at radius 2 is 1.81 bits per heavy atom. The van der Waals surface area contributed by atoms with Gasteiger partial charge in [0.15, 0.2) is 0 Å². The molecule has 1 atom stereocenters. The summed E-state index contributed by atoms with van der Waals surface area (Å²) in [7, 11) is 0. The zero-order valence-electron chi connectivity index (χ0n) is 16.0. The van der Waals surface area contributed by atoms with E-state index in [4.69, 9.17) is 0 Å². The highest BCUT2D eigenvalue weighted by Crippen LogP contribution is 2.33. The Labute approximate surface area is 159 Å². The van der Waals surface area contributed by atoms with E-state index >= 15 is 0 Å². The molecule has 0 aliphatic carbocycles. The molecule has 27 heavy (non-hydrogen) atoms. The lowest BCUT2D eigenvalue weighted by atomic mass is 9.88. The highest BCUT2D eigenvalue weighted by molar-refractivity contribution is 5.73. The summed E-state index contributed by atoms with van der Waals surface area (Å²) in [4.78, 5) is 15.9. The van der Waals surface area contributed by atoms with E-state index in [1.54, 1.807) is 19.1 Å². The SMILES string of the molecule is CC(=O)N1CCC(N2CCCC(CCc3ccccc3C(F)(F)F)C2)CC1. The maximum absolute atomic E-state index is 13.2. The molecule has 0 bridgehead atoms. The van der Waals surface area contributed by atoms with Crippen LogP contribution in [0.3, 0.4) is 0 Å². The number of nitrogens with zero attached hydrogens (tertiary/aromatic N) is 2. The van der Waals surface area contributed by atoms with E-state index in [-0.39, 0.29) is 5.91 Å². The number of piperidine rings is 2. The minimum Gasteiger partial charge on any atom is -0.343 e. The number of alkyl halides is 3. The van der Waals surface area contributed by atoms with Gasteiger partial charge in [-0.25, -0.2) is 0 Å². The number of hydrogen-bond acceptors (Lipinski definition) is 2. The molecule has 2 aliphatic rings. The number of likely N-dealkylation sites (tertiary alicyclic amines) is 2. The second-order valence-electron chi connectivity index (χ2n) is 7.93. The predicted molar refractivity (Wildman–Crippen MR) is 99.3 cm³/mol. The minimum absolute atomic E-state index is 0.147. The van der Waals surface area contributed by atoms with Crippen molar-refractivity contribution in [1.29, 1.82) is 0 Å². The van der Waals surface area contributed by atoms with Crippen LogP contribution in [0.1, 0.15) is 50.2 Å². The molecule has 6 heteroatoms. The predicted octanol–water partition coefficient (Wildman–Crippen LogP) is 4.36. The van der Waals surface area contributed by atoms with Crippen LogP contribution in [0.4, 0.5) is 13.2 Å². The summed E-state index contributed by atoms with van der Waals surface area (Å²) in [6.45, 7) is 5.30. The standard InChI is InChI=1S/C21H29F3N2O/c1-16(27)25-13-10-19(11-14-25)26-12-4-5-17(15-26)8-9-18-6-2-3-7-20(18)21(22,23)24/h2-3,6-7,17,19H,4-5,8-15H2,1H3. The molecule has 2 aliphatic heterocycles. The maximum atomic E-state index is 13.2. The van der Waals surface area contributed by atoms with Crippen LogP contribution in [0.2, 0.25) is 0 Å². The first-order valence-electron chi connectivity index (χ1n) is 9.99. The number of rotatable bonds is 4. The van der Waals surface area contributed by atoms with Crippen LogP contribution < -0.4 is 0 Å². The van der Waals surface area contributed by atoms with Gasteiger partial charge >= 0.3 is 6.18 Å². The first-order chi connectivity index (χ1) is 12.8. The van der Waals surface area contributed by atoms with Gasteiger partial charge in [-0.1, -0.05) is 18.2 Å². The number of hydrogen-bond donors (Lipinski definition) is 0. The van der Waals surface area contributed by atoms with E-state index in [0.717, 1.165) is 58.3 Å². The van der Waals surface area contributed by atoms with Gasteiger partial charge in [0.05, 0.1) is 5.56 Å². The van der Waals surface area contributed by atoms with E-state index in [1.807, 2.05) is 4.90 Å². The summed E-state index contributed by atoms with van der Waals surface area (Å²) in [5.74, 6) is 0.596. The fraction of sp³-hybridized carbons (Fsp3) is 0.667. The third-order valence-electron chi connectivity index (χ3n) is 6.12. The zero-order valence-corrected chi connectivity index (χ0v) is 16.0. The quantitative estimate of drug-likeness (QED) is 0.772. The molecule has 2 heterocycles. The summed E-state index contributed by atoms with van der Waals surface area (Å²) in [6, 6.07) is 6.46. The molecule has 0 saturated carbocycles. The van der Waals surface area contributed by atoms with Crippen molar-refractivity contribution in [1.82, 2.24) is 9.80 Å². The normalized spacial score (nSPS) is 22.8. The van der Waals surface area contributed by atoms with Crippen LogP contribution in [-0.4, -0.2) is 47.9 Å². The van der Waals surface area contributed by atoms with Crippen LogP contribution in [0.15, 0.2) is 24.3 Å². The number of benzene rings is 1. The topological polar surface area (TPSA) is 23.6 Å². The van der Waals surface area contributed by atoms with Gasteiger partial charge in [0.25, 0.3) is 0 Å². The van der Waals surface area contributed by atoms with Crippen molar-refractivity contribution in [2.24, 2.45) is 5.92 Å². The van der Waals surface area contributed by atoms with Crippen molar-refractivity contribution in [2.75, 3.05) is 26.2 Å². The van der Waals surface area contributed by atoms with Crippen LogP contribution in [0.5, 0.6) is 0 Å². The van der Waals surface area contributed by atoms with E-state index in [9.17, 15) is 18.0 Å². The Balaban J connectivity index is 1.53. The van der Waals surface area contributed by atoms with Crippen LogP contribution in [-0.2, 0) is 17.4 Å². The fourth-order valence-electron chi connectivity index (χ4n) is 4.58. The van der Waals surface area contributed by atoms with Crippen molar-refractivity contribution in [3.8, 4) is 0 Å². The Morgan fingerprint density at radius 3 is 2.48 bits per heavy atom. The molecule has 0 radical (unpaired) electrons. The van der Waals surface area contributed by atoms with Crippen molar-refractivity contribution in [2.45, 2.75) is 57.7 Å². The van der Waals surface area contributed by atoms with Crippen LogP contribution in [0, 0.1) is 5.92 Å². The van der Waals surface area contributed by atoms with Gasteiger partial charge in [-0.05, 0) is 62.6 Å². The summed E-state index contributed by atoms with van der Waals surface area (Å²) in [5.41, 5.74) is -0.0776. The van der Waals surface area contributed by atoms with Gasteiger partial charge in [-0.3, -0.25) is 9.69 Å². The number of amides is 1. The number of carbonyl (C=O) groups excluding carboxylic acids is 1. The Kier molecular flexibility index (Phi) is 6.45. The molecule has 1 aromatic carbocycles. The Hall–Kier alpha value is -1.56. The molecular weight excluding hydrogens is 353 g/mol. The number of carbonyl (C=O) groups is 1. The lowest BCUT2D eigenvalue weighted by Crippen LogP contribution is -2.49. The van der Waals surface area contributed by atoms with Gasteiger partial charge in [0.2, 0.25) is 5.91 Å². The van der Waals surface area contributed by atoms with Crippen LogP contribution in [0.25, 0.3) is 0 Å². The summed E-state index contributed by atoms with van der Waals surface area (Å²) in [6.07, 6.45) is 1.22. The molecule has 1 aromatic rings. The molecule has 3 nitrogen and oxygen atoms in total. The van der Waals surface area contributed by atoms with Gasteiger partial charge in [0.1, 0.15) is 0 Å². The first-order valence-corrected chi connectivity index (χ1v) is 9.99. The van der Waals surface area contributed by atoms with Gasteiger partial charge in [-0.2, -0.15) is 13.2 Å². The van der Waals surface area contributed by atoms with Crippen molar-refractivity contribution >= 4 is 5.91 Å². The molecule has 3 rings (SSSR count). The monoisotopic (exact) mass is 382 g/mol. The summed E-state index contributed by atoms with van der Waals surface area (Å²) in [5, 5.41) is 0. The van der Waals surface area contributed by atoms with Crippen molar-refractivity contribution in [3.63, 3.8) is 0 Å². The van der Waals surface area contributed by atoms with Gasteiger partial charge in [0, 0.05) is 32.6 Å². The zero-order chi connectivity index (χ0) is 19.4. The lowest BCUT2D eigenvalue weighted by Gasteiger charge is -2.42. The summed E-state index contributed by atoms with van der Waals surface area (Å²) < 4.78 is 39.5. The molecule has 0 spiro atoms. The molecule has 1 amide bonds. The highest BCUT2D eigenvalue weighted by Gasteiger charge is 2.33. The third kappa shape index (κ3) is 5.24. The Morgan fingerprint density at radius 1 is 1.11 bits per heavy atom. The van der Waals surface area contributed by atoms with Crippen molar-refractivity contribution in [3.05, 3.63) is 35.4 Å². The summed E-state index contributed by atoms with van der Waals surface area (Å²) >= 11 is 0. The number of aryl methyl sites for hydroxylation is 1. The molecule has 0 aromatic heterocycles. The van der Waals surface area contributed by atoms with Gasteiger partial charge in [-0.15, -0.1) is 0 Å². The molecular formula is C21H29F3N2O. The molecule has 1 unspecified atom stereocenters. The average molecular weight is 382 g/mol. The molecule has 150 valence electrons. The average Bonchev–Trinajstić information content (AvgIpc) is 2.66. The smallest absolute Gasteiger partial charge is 0.343 e. The largest absolute Gasteiger partial charge is 0.416 e. The molecule has 2 saturated heterocycles. The fourth-order valence-corrected chi connectivity index (χ4v) is 4.58. The molecule has 0 N–H and O–H groups in total. The van der Waals surface area contributed by atoms with E-state index in [0.29, 0.717) is 23.9 Å². The van der Waals surface area contributed by atoms with Crippen molar-refractivity contribution < 1.29 is 18.0 Å². The number of halogens is 3. The molecule has 2 fully saturated rings. The maximum Gasteiger partial charge on any atom is 0.416 e. The van der Waals surface area contributed by atoms with Crippen LogP contribution >= 0.6 is 0 Å². The van der Waals surface area contributed by atoms with E-state index < -0.39 is 11.7 Å². The first kappa shape index (κ1) is 20.2. The van der Waals surface area contributed by atoms with E-state index in [1.165, 1.54) is 12.1 Å². The third-order valence-corrected chi connectivity index (χ3v) is 6.12. The highest BCUT2D eigenvalue weighted by atomic mass is 19.4. The second-order valence-corrected chi connectivity index (χ2v) is 7.93. The second kappa shape index (κ2) is 8.63. The minimum atomic E-state index is -4.28. The lowest BCUT2D eigenvalue weighted by molar-refractivity contribution is -0.138. The van der Waals surface area contributed by atoms with Gasteiger partial charge < -0.3 is 4.90 Å². The van der Waals surface area contributed by atoms with E-state index in [2.05, 4.69) is 4.90 Å².